The Morgan fingerprint density at radius 3 is 2.75 bits per heavy atom. The molecule has 1 aromatic heterocycles. The molecule has 1 aliphatic heterocycles. The largest absolute Gasteiger partial charge is 0.339 e. The molecular formula is C21H26N2O. The van der Waals surface area contributed by atoms with E-state index in [0.29, 0.717) is 12.5 Å². The molecule has 2 aromatic rings. The van der Waals surface area contributed by atoms with Gasteiger partial charge in [0.2, 0.25) is 5.91 Å². The Hall–Kier alpha value is -2.16. The number of carbonyl (C=O) groups is 1. The highest BCUT2D eigenvalue weighted by atomic mass is 16.2. The first-order valence-corrected chi connectivity index (χ1v) is 9.04. The summed E-state index contributed by atoms with van der Waals surface area (Å²) in [4.78, 5) is 19.7. The van der Waals surface area contributed by atoms with Crippen LogP contribution in [-0.2, 0) is 11.2 Å². The van der Waals surface area contributed by atoms with Crippen molar-refractivity contribution in [1.82, 2.24) is 9.88 Å². The van der Waals surface area contributed by atoms with Gasteiger partial charge in [-0.15, -0.1) is 0 Å². The molecule has 1 aromatic carbocycles. The fourth-order valence-corrected chi connectivity index (χ4v) is 3.70. The number of pyridine rings is 1. The van der Waals surface area contributed by atoms with Gasteiger partial charge in [0.25, 0.3) is 0 Å². The molecule has 0 aliphatic carbocycles. The van der Waals surface area contributed by atoms with Crippen molar-refractivity contribution in [2.75, 3.05) is 6.54 Å². The molecule has 126 valence electrons. The topological polar surface area (TPSA) is 33.2 Å². The van der Waals surface area contributed by atoms with Gasteiger partial charge in [-0.1, -0.05) is 43.3 Å². The molecule has 2 unspecified atom stereocenters. The van der Waals surface area contributed by atoms with E-state index in [4.69, 9.17) is 0 Å². The summed E-state index contributed by atoms with van der Waals surface area (Å²) in [5.41, 5.74) is 2.22. The van der Waals surface area contributed by atoms with Gasteiger partial charge >= 0.3 is 0 Å². The summed E-state index contributed by atoms with van der Waals surface area (Å²) in [6, 6.07) is 14.6. The molecule has 1 amide bonds. The van der Waals surface area contributed by atoms with E-state index >= 15 is 0 Å². The summed E-state index contributed by atoms with van der Waals surface area (Å²) in [6.45, 7) is 3.09. The van der Waals surface area contributed by atoms with E-state index in [0.717, 1.165) is 36.9 Å². The summed E-state index contributed by atoms with van der Waals surface area (Å²) in [6.07, 6.45) is 8.90. The van der Waals surface area contributed by atoms with Gasteiger partial charge in [0.05, 0.1) is 5.92 Å². The Morgan fingerprint density at radius 1 is 1.21 bits per heavy atom. The molecule has 0 N–H and O–H groups in total. The Balaban J connectivity index is 1.87. The summed E-state index contributed by atoms with van der Waals surface area (Å²) in [5, 5.41) is 0. The maximum Gasteiger partial charge on any atom is 0.230 e. The molecule has 3 nitrogen and oxygen atoms in total. The highest BCUT2D eigenvalue weighted by Gasteiger charge is 2.31. The maximum atomic E-state index is 13.4. The van der Waals surface area contributed by atoms with Crippen molar-refractivity contribution >= 4 is 5.91 Å². The smallest absolute Gasteiger partial charge is 0.230 e. The number of piperidine rings is 1. The monoisotopic (exact) mass is 322 g/mol. The number of benzene rings is 1. The van der Waals surface area contributed by atoms with Gasteiger partial charge < -0.3 is 4.90 Å². The first kappa shape index (κ1) is 16.7. The Morgan fingerprint density at radius 2 is 2.04 bits per heavy atom. The number of rotatable bonds is 5. The fraction of sp³-hybridized carbons (Fsp3) is 0.429. The van der Waals surface area contributed by atoms with Crippen molar-refractivity contribution in [2.45, 2.75) is 51.0 Å². The summed E-state index contributed by atoms with van der Waals surface area (Å²) in [5.74, 6) is 0.152. The summed E-state index contributed by atoms with van der Waals surface area (Å²) in [7, 11) is 0. The quantitative estimate of drug-likeness (QED) is 0.826. The molecule has 3 heteroatoms. The van der Waals surface area contributed by atoms with Gasteiger partial charge in [-0.05, 0) is 49.3 Å². The second-order valence-corrected chi connectivity index (χ2v) is 6.62. The SMILES string of the molecule is CCC1CCCCN1C(=O)C(Cc1cccnc1)c1ccccc1. The number of likely N-dealkylation sites (tertiary alicyclic amines) is 1. The highest BCUT2D eigenvalue weighted by Crippen LogP contribution is 2.28. The minimum atomic E-state index is -0.123. The van der Waals surface area contributed by atoms with Crippen molar-refractivity contribution in [3.8, 4) is 0 Å². The van der Waals surface area contributed by atoms with E-state index in [1.54, 1.807) is 6.20 Å². The summed E-state index contributed by atoms with van der Waals surface area (Å²) < 4.78 is 0. The van der Waals surface area contributed by atoms with Gasteiger partial charge in [-0.25, -0.2) is 0 Å². The van der Waals surface area contributed by atoms with Gasteiger partial charge in [-0.2, -0.15) is 0 Å². The first-order valence-electron chi connectivity index (χ1n) is 9.04. The van der Waals surface area contributed by atoms with Crippen LogP contribution in [-0.4, -0.2) is 28.4 Å². The van der Waals surface area contributed by atoms with E-state index in [-0.39, 0.29) is 11.8 Å². The second kappa shape index (κ2) is 8.09. The Bertz CT molecular complexity index is 641. The van der Waals surface area contributed by atoms with Crippen LogP contribution in [0.2, 0.25) is 0 Å². The van der Waals surface area contributed by atoms with Gasteiger partial charge in [0, 0.05) is 25.0 Å². The third-order valence-corrected chi connectivity index (χ3v) is 5.04. The maximum absolute atomic E-state index is 13.4. The van der Waals surface area contributed by atoms with Crippen LogP contribution in [0.25, 0.3) is 0 Å². The van der Waals surface area contributed by atoms with Crippen LogP contribution >= 0.6 is 0 Å². The summed E-state index contributed by atoms with van der Waals surface area (Å²) >= 11 is 0. The third kappa shape index (κ3) is 3.84. The molecule has 3 rings (SSSR count). The molecule has 1 saturated heterocycles. The van der Waals surface area contributed by atoms with Crippen LogP contribution in [0.5, 0.6) is 0 Å². The molecule has 0 bridgehead atoms. The van der Waals surface area contributed by atoms with Crippen LogP contribution in [0.15, 0.2) is 54.9 Å². The molecule has 1 aliphatic rings. The lowest BCUT2D eigenvalue weighted by Gasteiger charge is -2.37. The normalized spacial score (nSPS) is 19.0. The number of carbonyl (C=O) groups excluding carboxylic acids is 1. The predicted molar refractivity (Wildman–Crippen MR) is 96.8 cm³/mol. The number of nitrogens with zero attached hydrogens (tertiary/aromatic N) is 2. The van der Waals surface area contributed by atoms with Crippen LogP contribution in [0.1, 0.15) is 49.7 Å². The van der Waals surface area contributed by atoms with Crippen molar-refractivity contribution in [2.24, 2.45) is 0 Å². The van der Waals surface area contributed by atoms with E-state index < -0.39 is 0 Å². The first-order chi connectivity index (χ1) is 11.8. The number of hydrogen-bond donors (Lipinski definition) is 0. The molecule has 24 heavy (non-hydrogen) atoms. The highest BCUT2D eigenvalue weighted by molar-refractivity contribution is 5.84. The average molecular weight is 322 g/mol. The molecular weight excluding hydrogens is 296 g/mol. The molecule has 0 radical (unpaired) electrons. The third-order valence-electron chi connectivity index (χ3n) is 5.04. The molecule has 0 saturated carbocycles. The van der Waals surface area contributed by atoms with E-state index in [2.05, 4.69) is 35.0 Å². The van der Waals surface area contributed by atoms with Crippen LogP contribution in [0.3, 0.4) is 0 Å². The minimum absolute atomic E-state index is 0.123. The molecule has 2 heterocycles. The van der Waals surface area contributed by atoms with Crippen molar-refractivity contribution in [1.29, 1.82) is 0 Å². The zero-order valence-corrected chi connectivity index (χ0v) is 14.4. The van der Waals surface area contributed by atoms with E-state index in [1.165, 1.54) is 6.42 Å². The standard InChI is InChI=1S/C21H26N2O/c1-2-19-12-6-7-14-23(19)21(24)20(18-10-4-3-5-11-18)15-17-9-8-13-22-16-17/h3-5,8-11,13,16,19-20H,2,6-7,12,14-15H2,1H3. The van der Waals surface area contributed by atoms with E-state index in [1.807, 2.05) is 30.5 Å². The Labute approximate surface area is 144 Å². The number of amides is 1. The van der Waals surface area contributed by atoms with Crippen LogP contribution < -0.4 is 0 Å². The predicted octanol–water partition coefficient (Wildman–Crippen LogP) is 4.20. The minimum Gasteiger partial charge on any atom is -0.339 e. The number of aromatic nitrogens is 1. The van der Waals surface area contributed by atoms with Crippen molar-refractivity contribution in [3.63, 3.8) is 0 Å². The lowest BCUT2D eigenvalue weighted by molar-refractivity contribution is -0.136. The average Bonchev–Trinajstić information content (AvgIpc) is 2.67. The molecule has 1 fully saturated rings. The van der Waals surface area contributed by atoms with Crippen LogP contribution in [0.4, 0.5) is 0 Å². The second-order valence-electron chi connectivity index (χ2n) is 6.62. The van der Waals surface area contributed by atoms with Gasteiger partial charge in [0.15, 0.2) is 0 Å². The van der Waals surface area contributed by atoms with Crippen molar-refractivity contribution < 1.29 is 4.79 Å². The molecule has 0 spiro atoms. The van der Waals surface area contributed by atoms with Gasteiger partial charge in [-0.3, -0.25) is 9.78 Å². The lowest BCUT2D eigenvalue weighted by Crippen LogP contribution is -2.46. The van der Waals surface area contributed by atoms with E-state index in [9.17, 15) is 4.79 Å². The fourth-order valence-electron chi connectivity index (χ4n) is 3.70. The lowest BCUT2D eigenvalue weighted by atomic mass is 9.89. The van der Waals surface area contributed by atoms with Crippen LogP contribution in [0, 0.1) is 0 Å². The van der Waals surface area contributed by atoms with Gasteiger partial charge in [0.1, 0.15) is 0 Å². The molecule has 2 atom stereocenters. The number of hydrogen-bond acceptors (Lipinski definition) is 2. The Kier molecular flexibility index (Phi) is 5.63. The zero-order valence-electron chi connectivity index (χ0n) is 14.4. The zero-order chi connectivity index (χ0) is 16.8. The van der Waals surface area contributed by atoms with Crippen molar-refractivity contribution in [3.05, 3.63) is 66.0 Å².